The average Bonchev–Trinajstić information content (AvgIpc) is 2.92. The topological polar surface area (TPSA) is 40.5 Å². The molecule has 94 valence electrons. The number of ether oxygens (including phenoxy) is 2. The van der Waals surface area contributed by atoms with Gasteiger partial charge in [0.1, 0.15) is 5.75 Å². The monoisotopic (exact) mass is 245 g/mol. The van der Waals surface area contributed by atoms with Gasteiger partial charge in [-0.3, -0.25) is 0 Å². The summed E-state index contributed by atoms with van der Waals surface area (Å²) in [6, 6.07) is 9.05. The van der Waals surface area contributed by atoms with Crippen LogP contribution in [0.2, 0.25) is 0 Å². The Hall–Kier alpha value is -2.23. The van der Waals surface area contributed by atoms with E-state index in [-0.39, 0.29) is 5.97 Å². The highest BCUT2D eigenvalue weighted by Gasteiger charge is 2.11. The van der Waals surface area contributed by atoms with Gasteiger partial charge in [-0.15, -0.1) is 0 Å². The Morgan fingerprint density at radius 3 is 2.61 bits per heavy atom. The molecule has 4 heteroatoms. The third kappa shape index (κ3) is 2.37. The van der Waals surface area contributed by atoms with E-state index in [0.29, 0.717) is 17.9 Å². The van der Waals surface area contributed by atoms with Crippen LogP contribution < -0.4 is 4.74 Å². The molecule has 0 fully saturated rings. The van der Waals surface area contributed by atoms with E-state index in [9.17, 15) is 4.79 Å². The summed E-state index contributed by atoms with van der Waals surface area (Å²) in [5.41, 5.74) is 1.33. The van der Waals surface area contributed by atoms with E-state index < -0.39 is 0 Å². The maximum Gasteiger partial charge on any atom is 0.338 e. The summed E-state index contributed by atoms with van der Waals surface area (Å²) < 4.78 is 12.2. The number of carbonyl (C=O) groups is 1. The number of methoxy groups -OCH3 is 1. The largest absolute Gasteiger partial charge is 0.495 e. The Morgan fingerprint density at radius 1 is 1.28 bits per heavy atom. The molecule has 0 unspecified atom stereocenters. The van der Waals surface area contributed by atoms with E-state index >= 15 is 0 Å². The van der Waals surface area contributed by atoms with Crippen molar-refractivity contribution in [1.82, 2.24) is 4.57 Å². The van der Waals surface area contributed by atoms with E-state index in [2.05, 4.69) is 0 Å². The fraction of sp³-hybridized carbons (Fsp3) is 0.214. The standard InChI is InChI=1S/C14H15NO3/c1-3-18-14(16)11-6-7-13(17-2)12(10-11)15-8-4-5-9-15/h4-10H,3H2,1-2H3. The second-order valence-electron chi connectivity index (χ2n) is 3.70. The molecule has 0 aliphatic rings. The molecule has 0 spiro atoms. The van der Waals surface area contributed by atoms with Gasteiger partial charge in [0.15, 0.2) is 0 Å². The smallest absolute Gasteiger partial charge is 0.338 e. The molecule has 0 saturated heterocycles. The summed E-state index contributed by atoms with van der Waals surface area (Å²) in [5.74, 6) is 0.382. The zero-order chi connectivity index (χ0) is 13.0. The highest BCUT2D eigenvalue weighted by Crippen LogP contribution is 2.24. The second-order valence-corrected chi connectivity index (χ2v) is 3.70. The third-order valence-electron chi connectivity index (χ3n) is 2.57. The molecule has 1 heterocycles. The SMILES string of the molecule is CCOC(=O)c1ccc(OC)c(-n2cccc2)c1. The van der Waals surface area contributed by atoms with Crippen molar-refractivity contribution in [3.05, 3.63) is 48.3 Å². The Balaban J connectivity index is 2.43. The van der Waals surface area contributed by atoms with Gasteiger partial charge in [-0.25, -0.2) is 4.79 Å². The molecule has 0 aliphatic heterocycles. The second kappa shape index (κ2) is 5.40. The van der Waals surface area contributed by atoms with E-state index in [4.69, 9.17) is 9.47 Å². The molecule has 2 aromatic rings. The van der Waals surface area contributed by atoms with Crippen molar-refractivity contribution in [2.75, 3.05) is 13.7 Å². The van der Waals surface area contributed by atoms with Gasteiger partial charge in [0.05, 0.1) is 25.0 Å². The Morgan fingerprint density at radius 2 is 2.00 bits per heavy atom. The third-order valence-corrected chi connectivity index (χ3v) is 2.57. The quantitative estimate of drug-likeness (QED) is 0.777. The van der Waals surface area contributed by atoms with Gasteiger partial charge in [-0.1, -0.05) is 0 Å². The van der Waals surface area contributed by atoms with E-state index in [1.165, 1.54) is 0 Å². The fourth-order valence-electron chi connectivity index (χ4n) is 1.73. The highest BCUT2D eigenvalue weighted by atomic mass is 16.5. The summed E-state index contributed by atoms with van der Waals surface area (Å²) in [6.45, 7) is 2.15. The maximum atomic E-state index is 11.7. The van der Waals surface area contributed by atoms with Gasteiger partial charge in [0, 0.05) is 12.4 Å². The first-order chi connectivity index (χ1) is 8.76. The maximum absolute atomic E-state index is 11.7. The number of benzene rings is 1. The number of carbonyl (C=O) groups excluding carboxylic acids is 1. The van der Waals surface area contributed by atoms with Crippen LogP contribution in [0.1, 0.15) is 17.3 Å². The summed E-state index contributed by atoms with van der Waals surface area (Å²) in [5, 5.41) is 0. The lowest BCUT2D eigenvalue weighted by atomic mass is 10.2. The van der Waals surface area contributed by atoms with E-state index in [1.54, 1.807) is 32.2 Å². The molecule has 1 aromatic carbocycles. The van der Waals surface area contributed by atoms with Crippen LogP contribution in [0.3, 0.4) is 0 Å². The van der Waals surface area contributed by atoms with Gasteiger partial charge in [0.2, 0.25) is 0 Å². The van der Waals surface area contributed by atoms with Crippen molar-refractivity contribution in [2.45, 2.75) is 6.92 Å². The number of esters is 1. The lowest BCUT2D eigenvalue weighted by molar-refractivity contribution is 0.0526. The number of aromatic nitrogens is 1. The average molecular weight is 245 g/mol. The zero-order valence-corrected chi connectivity index (χ0v) is 10.4. The minimum atomic E-state index is -0.325. The normalized spacial score (nSPS) is 10.1. The van der Waals surface area contributed by atoms with Gasteiger partial charge >= 0.3 is 5.97 Å². The molecular formula is C14H15NO3. The molecular weight excluding hydrogens is 230 g/mol. The van der Waals surface area contributed by atoms with Gasteiger partial charge < -0.3 is 14.0 Å². The van der Waals surface area contributed by atoms with Gasteiger partial charge in [-0.2, -0.15) is 0 Å². The van der Waals surface area contributed by atoms with Crippen LogP contribution in [0.5, 0.6) is 5.75 Å². The summed E-state index contributed by atoms with van der Waals surface area (Å²) >= 11 is 0. The number of nitrogens with zero attached hydrogens (tertiary/aromatic N) is 1. The van der Waals surface area contributed by atoms with Crippen molar-refractivity contribution in [3.63, 3.8) is 0 Å². The van der Waals surface area contributed by atoms with Crippen molar-refractivity contribution < 1.29 is 14.3 Å². The van der Waals surface area contributed by atoms with Crippen LogP contribution in [-0.4, -0.2) is 24.3 Å². The lowest BCUT2D eigenvalue weighted by Crippen LogP contribution is -2.06. The molecule has 0 atom stereocenters. The molecule has 18 heavy (non-hydrogen) atoms. The molecule has 0 aliphatic carbocycles. The van der Waals surface area contributed by atoms with E-state index in [0.717, 1.165) is 5.69 Å². The molecule has 0 bridgehead atoms. The summed E-state index contributed by atoms with van der Waals surface area (Å²) in [7, 11) is 1.60. The molecule has 0 saturated carbocycles. The number of hydrogen-bond donors (Lipinski definition) is 0. The fourth-order valence-corrected chi connectivity index (χ4v) is 1.73. The zero-order valence-electron chi connectivity index (χ0n) is 10.4. The van der Waals surface area contributed by atoms with Crippen molar-refractivity contribution in [2.24, 2.45) is 0 Å². The van der Waals surface area contributed by atoms with Crippen molar-refractivity contribution in [3.8, 4) is 11.4 Å². The molecule has 0 N–H and O–H groups in total. The van der Waals surface area contributed by atoms with Crippen LogP contribution in [0.4, 0.5) is 0 Å². The van der Waals surface area contributed by atoms with E-state index in [1.807, 2.05) is 29.1 Å². The first-order valence-corrected chi connectivity index (χ1v) is 5.74. The Bertz CT molecular complexity index is 532. The predicted molar refractivity (Wildman–Crippen MR) is 68.3 cm³/mol. The number of hydrogen-bond acceptors (Lipinski definition) is 3. The minimum Gasteiger partial charge on any atom is -0.495 e. The predicted octanol–water partition coefficient (Wildman–Crippen LogP) is 2.66. The summed E-state index contributed by atoms with van der Waals surface area (Å²) in [4.78, 5) is 11.7. The van der Waals surface area contributed by atoms with Crippen molar-refractivity contribution >= 4 is 5.97 Å². The minimum absolute atomic E-state index is 0.325. The van der Waals surface area contributed by atoms with Crippen LogP contribution in [0.15, 0.2) is 42.7 Å². The lowest BCUT2D eigenvalue weighted by Gasteiger charge is -2.11. The molecule has 2 rings (SSSR count). The van der Waals surface area contributed by atoms with Crippen molar-refractivity contribution in [1.29, 1.82) is 0 Å². The highest BCUT2D eigenvalue weighted by molar-refractivity contribution is 5.90. The first kappa shape index (κ1) is 12.2. The number of rotatable bonds is 4. The molecule has 0 amide bonds. The molecule has 0 radical (unpaired) electrons. The van der Waals surface area contributed by atoms with Gasteiger partial charge in [-0.05, 0) is 37.3 Å². The van der Waals surface area contributed by atoms with Crippen LogP contribution >= 0.6 is 0 Å². The Labute approximate surface area is 106 Å². The van der Waals surface area contributed by atoms with Crippen LogP contribution in [0.25, 0.3) is 5.69 Å². The summed E-state index contributed by atoms with van der Waals surface area (Å²) in [6.07, 6.45) is 3.79. The molecule has 1 aromatic heterocycles. The Kier molecular flexibility index (Phi) is 3.67. The first-order valence-electron chi connectivity index (χ1n) is 5.74. The van der Waals surface area contributed by atoms with Crippen LogP contribution in [-0.2, 0) is 4.74 Å². The molecule has 4 nitrogen and oxygen atoms in total. The van der Waals surface area contributed by atoms with Crippen LogP contribution in [0, 0.1) is 0 Å². The van der Waals surface area contributed by atoms with Gasteiger partial charge in [0.25, 0.3) is 0 Å².